The summed E-state index contributed by atoms with van der Waals surface area (Å²) in [4.78, 5) is 18.8. The maximum Gasteiger partial charge on any atom is 0.247 e. The summed E-state index contributed by atoms with van der Waals surface area (Å²) in [6.45, 7) is 6.20. The van der Waals surface area contributed by atoms with Gasteiger partial charge < -0.3 is 14.5 Å². The highest BCUT2D eigenvalue weighted by atomic mass is 16.5. The zero-order valence-corrected chi connectivity index (χ0v) is 16.2. The molecule has 0 atom stereocenters. The molecule has 27 heavy (non-hydrogen) atoms. The minimum absolute atomic E-state index is 0.147. The minimum atomic E-state index is -0.256. The summed E-state index contributed by atoms with van der Waals surface area (Å²) in [5.74, 6) is 2.77. The van der Waals surface area contributed by atoms with Gasteiger partial charge in [0, 0.05) is 24.2 Å². The monoisotopic (exact) mass is 368 g/mol. The van der Waals surface area contributed by atoms with Gasteiger partial charge in [-0.15, -0.1) is 0 Å². The van der Waals surface area contributed by atoms with Crippen molar-refractivity contribution in [3.05, 3.63) is 58.3 Å². The molecule has 3 rings (SSSR count). The summed E-state index contributed by atoms with van der Waals surface area (Å²) in [7, 11) is 3.23. The van der Waals surface area contributed by atoms with Crippen LogP contribution in [0, 0.1) is 0 Å². The van der Waals surface area contributed by atoms with Crippen molar-refractivity contribution in [2.45, 2.75) is 32.7 Å². The fraction of sp³-hybridized carbons (Fsp3) is 0.350. The molecule has 0 bridgehead atoms. The van der Waals surface area contributed by atoms with Crippen molar-refractivity contribution in [3.63, 3.8) is 0 Å². The molecule has 0 radical (unpaired) electrons. The van der Waals surface area contributed by atoms with Crippen LogP contribution in [0.15, 0.2) is 41.3 Å². The second-order valence-corrected chi connectivity index (χ2v) is 7.24. The predicted molar refractivity (Wildman–Crippen MR) is 103 cm³/mol. The van der Waals surface area contributed by atoms with Gasteiger partial charge in [-0.05, 0) is 44.5 Å². The van der Waals surface area contributed by atoms with E-state index in [1.54, 1.807) is 26.5 Å². The van der Waals surface area contributed by atoms with Crippen LogP contribution in [-0.4, -0.2) is 34.0 Å². The summed E-state index contributed by atoms with van der Waals surface area (Å²) >= 11 is 0. The fourth-order valence-electron chi connectivity index (χ4n) is 2.81. The van der Waals surface area contributed by atoms with Crippen LogP contribution in [0.1, 0.15) is 32.2 Å². The first-order valence-corrected chi connectivity index (χ1v) is 8.68. The SMILES string of the molecule is COc1ccc(Cc2nc(-c3ccc(=O)[nH]c3)n(C(C)(C)C)n2)cc1OC. The molecule has 7 heteroatoms. The number of hydrogen-bond acceptors (Lipinski definition) is 5. The first kappa shape index (κ1) is 18.7. The Labute approximate surface area is 158 Å². The molecule has 0 fully saturated rings. The zero-order chi connectivity index (χ0) is 19.6. The molecule has 2 heterocycles. The Balaban J connectivity index is 2.00. The molecule has 0 aliphatic carbocycles. The molecule has 3 aromatic rings. The summed E-state index contributed by atoms with van der Waals surface area (Å²) in [6, 6.07) is 9.02. The molecule has 0 saturated heterocycles. The molecule has 142 valence electrons. The van der Waals surface area contributed by atoms with Crippen LogP contribution in [-0.2, 0) is 12.0 Å². The molecule has 0 aliphatic rings. The molecule has 0 saturated carbocycles. The summed E-state index contributed by atoms with van der Waals surface area (Å²) < 4.78 is 12.5. The first-order chi connectivity index (χ1) is 12.8. The van der Waals surface area contributed by atoms with E-state index < -0.39 is 0 Å². The number of H-pyrrole nitrogens is 1. The van der Waals surface area contributed by atoms with Gasteiger partial charge in [-0.2, -0.15) is 5.10 Å². The Morgan fingerprint density at radius 2 is 1.81 bits per heavy atom. The standard InChI is InChI=1S/C20H24N4O3/c1-20(2,3)24-19(14-7-9-18(25)21-12-14)22-17(23-24)11-13-6-8-15(26-4)16(10-13)27-5/h6-10,12H,11H2,1-5H3,(H,21,25). The van der Waals surface area contributed by atoms with Crippen LogP contribution < -0.4 is 15.0 Å². The number of nitrogens with zero attached hydrogens (tertiary/aromatic N) is 3. The van der Waals surface area contributed by atoms with Crippen LogP contribution in [0.3, 0.4) is 0 Å². The Hall–Kier alpha value is -3.09. The highest BCUT2D eigenvalue weighted by Gasteiger charge is 2.22. The van der Waals surface area contributed by atoms with Crippen LogP contribution in [0.25, 0.3) is 11.4 Å². The van der Waals surface area contributed by atoms with Crippen molar-refractivity contribution in [3.8, 4) is 22.9 Å². The number of aromatic nitrogens is 4. The van der Waals surface area contributed by atoms with Gasteiger partial charge in [0.05, 0.1) is 19.8 Å². The molecular formula is C20H24N4O3. The third-order valence-electron chi connectivity index (χ3n) is 4.14. The largest absolute Gasteiger partial charge is 0.493 e. The Morgan fingerprint density at radius 3 is 2.41 bits per heavy atom. The number of nitrogens with one attached hydrogen (secondary N) is 1. The minimum Gasteiger partial charge on any atom is -0.493 e. The Morgan fingerprint density at radius 1 is 1.07 bits per heavy atom. The van der Waals surface area contributed by atoms with Gasteiger partial charge in [-0.3, -0.25) is 4.79 Å². The van der Waals surface area contributed by atoms with E-state index >= 15 is 0 Å². The van der Waals surface area contributed by atoms with Gasteiger partial charge in [0.1, 0.15) is 0 Å². The molecule has 0 unspecified atom stereocenters. The first-order valence-electron chi connectivity index (χ1n) is 8.68. The average molecular weight is 368 g/mol. The van der Waals surface area contributed by atoms with Gasteiger partial charge >= 0.3 is 0 Å². The van der Waals surface area contributed by atoms with Gasteiger partial charge in [0.25, 0.3) is 0 Å². The number of methoxy groups -OCH3 is 2. The molecular weight excluding hydrogens is 344 g/mol. The topological polar surface area (TPSA) is 82.0 Å². The molecule has 1 N–H and O–H groups in total. The van der Waals surface area contributed by atoms with E-state index in [-0.39, 0.29) is 11.1 Å². The number of benzene rings is 1. The zero-order valence-electron chi connectivity index (χ0n) is 16.2. The molecule has 0 amide bonds. The van der Waals surface area contributed by atoms with E-state index in [0.29, 0.717) is 29.6 Å². The van der Waals surface area contributed by atoms with Crippen LogP contribution in [0.4, 0.5) is 0 Å². The van der Waals surface area contributed by atoms with E-state index in [0.717, 1.165) is 11.1 Å². The van der Waals surface area contributed by atoms with Crippen LogP contribution in [0.2, 0.25) is 0 Å². The normalized spacial score (nSPS) is 11.4. The maximum atomic E-state index is 11.4. The van der Waals surface area contributed by atoms with Crippen LogP contribution in [0.5, 0.6) is 11.5 Å². The molecule has 0 spiro atoms. The van der Waals surface area contributed by atoms with Crippen LogP contribution >= 0.6 is 0 Å². The lowest BCUT2D eigenvalue weighted by atomic mass is 10.1. The summed E-state index contributed by atoms with van der Waals surface area (Å²) in [5, 5.41) is 4.72. The fourth-order valence-corrected chi connectivity index (χ4v) is 2.81. The lowest BCUT2D eigenvalue weighted by Crippen LogP contribution is -2.24. The van der Waals surface area contributed by atoms with Gasteiger partial charge in [-0.25, -0.2) is 9.67 Å². The summed E-state index contributed by atoms with van der Waals surface area (Å²) in [6.07, 6.45) is 2.22. The third-order valence-corrected chi connectivity index (χ3v) is 4.14. The molecule has 0 aliphatic heterocycles. The highest BCUT2D eigenvalue weighted by Crippen LogP contribution is 2.29. The van der Waals surface area contributed by atoms with Gasteiger partial charge in [0.15, 0.2) is 23.1 Å². The van der Waals surface area contributed by atoms with E-state index in [4.69, 9.17) is 19.6 Å². The number of aromatic amines is 1. The Bertz CT molecular complexity index is 979. The highest BCUT2D eigenvalue weighted by molar-refractivity contribution is 5.54. The average Bonchev–Trinajstić information content (AvgIpc) is 3.06. The smallest absolute Gasteiger partial charge is 0.247 e. The number of rotatable bonds is 5. The second-order valence-electron chi connectivity index (χ2n) is 7.24. The lowest BCUT2D eigenvalue weighted by molar-refractivity contribution is 0.354. The van der Waals surface area contributed by atoms with Crippen molar-refractivity contribution in [1.29, 1.82) is 0 Å². The van der Waals surface area contributed by atoms with Crippen molar-refractivity contribution in [2.75, 3.05) is 14.2 Å². The van der Waals surface area contributed by atoms with Crippen molar-refractivity contribution in [1.82, 2.24) is 19.7 Å². The Kier molecular flexibility index (Phi) is 5.03. The third kappa shape index (κ3) is 4.02. The quantitative estimate of drug-likeness (QED) is 0.749. The van der Waals surface area contributed by atoms with E-state index in [9.17, 15) is 4.79 Å². The van der Waals surface area contributed by atoms with Gasteiger partial charge in [-0.1, -0.05) is 6.07 Å². The van der Waals surface area contributed by atoms with E-state index in [1.807, 2.05) is 22.9 Å². The van der Waals surface area contributed by atoms with Crippen molar-refractivity contribution in [2.24, 2.45) is 0 Å². The molecule has 1 aromatic carbocycles. The predicted octanol–water partition coefficient (Wildman–Crippen LogP) is 3.00. The van der Waals surface area contributed by atoms with E-state index in [2.05, 4.69) is 25.8 Å². The van der Waals surface area contributed by atoms with Crippen molar-refractivity contribution < 1.29 is 9.47 Å². The second kappa shape index (κ2) is 7.26. The number of pyridine rings is 1. The van der Waals surface area contributed by atoms with E-state index in [1.165, 1.54) is 6.07 Å². The maximum absolute atomic E-state index is 11.4. The van der Waals surface area contributed by atoms with Crippen molar-refractivity contribution >= 4 is 0 Å². The van der Waals surface area contributed by atoms with Gasteiger partial charge in [0.2, 0.25) is 5.56 Å². The lowest BCUT2D eigenvalue weighted by Gasteiger charge is -2.21. The number of ether oxygens (including phenoxy) is 2. The summed E-state index contributed by atoms with van der Waals surface area (Å²) in [5.41, 5.74) is 1.43. The molecule has 7 nitrogen and oxygen atoms in total. The number of hydrogen-bond donors (Lipinski definition) is 1. The molecule has 2 aromatic heterocycles.